The van der Waals surface area contributed by atoms with Crippen molar-refractivity contribution in [1.29, 1.82) is 0 Å². The minimum Gasteiger partial charge on any atom is -0.350 e. The first kappa shape index (κ1) is 24.3. The summed E-state index contributed by atoms with van der Waals surface area (Å²) in [6.45, 7) is 1.56. The van der Waals surface area contributed by atoms with Crippen molar-refractivity contribution in [3.05, 3.63) is 53.4 Å². The van der Waals surface area contributed by atoms with Crippen molar-refractivity contribution in [3.8, 4) is 0 Å². The minimum atomic E-state index is -4.48. The molecule has 0 atom stereocenters. The first-order valence-corrected chi connectivity index (χ1v) is 11.2. The van der Waals surface area contributed by atoms with Crippen LogP contribution in [0.1, 0.15) is 57.9 Å². The topological polar surface area (TPSA) is 133 Å². The van der Waals surface area contributed by atoms with E-state index in [1.165, 1.54) is 10.9 Å². The number of hydrogen-bond acceptors (Lipinski definition) is 7. The Balaban J connectivity index is 1.17. The van der Waals surface area contributed by atoms with E-state index in [0.717, 1.165) is 37.6 Å². The molecule has 2 amide bonds. The van der Waals surface area contributed by atoms with E-state index in [4.69, 9.17) is 0 Å². The molecule has 0 unspecified atom stereocenters. The highest BCUT2D eigenvalue weighted by Gasteiger charge is 2.30. The van der Waals surface area contributed by atoms with Crippen molar-refractivity contribution < 1.29 is 22.8 Å². The van der Waals surface area contributed by atoms with E-state index < -0.39 is 17.6 Å². The Labute approximate surface area is 198 Å². The van der Waals surface area contributed by atoms with Gasteiger partial charge in [-0.05, 0) is 43.7 Å². The van der Waals surface area contributed by atoms with Crippen LogP contribution in [-0.4, -0.2) is 53.3 Å². The lowest BCUT2D eigenvalue weighted by Crippen LogP contribution is -2.25. The first-order chi connectivity index (χ1) is 16.8. The lowest BCUT2D eigenvalue weighted by Gasteiger charge is -2.08. The molecule has 0 bridgehead atoms. The normalized spacial score (nSPS) is 13.6. The number of aromatic nitrogens is 7. The summed E-state index contributed by atoms with van der Waals surface area (Å²) in [5, 5.41) is 20.9. The number of unbranched alkanes of at least 4 members (excludes halogenated alkanes) is 1. The third kappa shape index (κ3) is 7.07. The molecule has 3 aromatic heterocycles. The van der Waals surface area contributed by atoms with Gasteiger partial charge >= 0.3 is 6.18 Å². The van der Waals surface area contributed by atoms with Gasteiger partial charge in [-0.15, -0.1) is 10.2 Å². The molecule has 0 aliphatic heterocycles. The SMILES string of the molecule is O=C(NCc1cc(C(F)(F)F)ccn1)c1cn(CCCCn2cc(C(=O)NCC3CC3)nn2)nn1. The summed E-state index contributed by atoms with van der Waals surface area (Å²) in [7, 11) is 0. The summed E-state index contributed by atoms with van der Waals surface area (Å²) in [6.07, 6.45) is 3.39. The van der Waals surface area contributed by atoms with Gasteiger partial charge < -0.3 is 10.6 Å². The molecule has 0 aromatic carbocycles. The lowest BCUT2D eigenvalue weighted by atomic mass is 10.2. The van der Waals surface area contributed by atoms with Crippen LogP contribution in [0.2, 0.25) is 0 Å². The van der Waals surface area contributed by atoms with Crippen molar-refractivity contribution >= 4 is 11.8 Å². The molecule has 1 aliphatic carbocycles. The average molecular weight is 491 g/mol. The number of aryl methyl sites for hydroxylation is 2. The monoisotopic (exact) mass is 491 g/mol. The van der Waals surface area contributed by atoms with Crippen LogP contribution in [0.4, 0.5) is 13.2 Å². The Bertz CT molecular complexity index is 1170. The maximum atomic E-state index is 12.8. The predicted molar refractivity (Wildman–Crippen MR) is 115 cm³/mol. The third-order valence-electron chi connectivity index (χ3n) is 5.39. The Morgan fingerprint density at radius 3 is 2.14 bits per heavy atom. The summed E-state index contributed by atoms with van der Waals surface area (Å²) < 4.78 is 41.5. The molecule has 0 radical (unpaired) electrons. The molecule has 186 valence electrons. The Morgan fingerprint density at radius 2 is 1.57 bits per heavy atom. The first-order valence-electron chi connectivity index (χ1n) is 11.2. The van der Waals surface area contributed by atoms with Gasteiger partial charge in [0.1, 0.15) is 0 Å². The zero-order valence-corrected chi connectivity index (χ0v) is 18.7. The van der Waals surface area contributed by atoms with E-state index in [0.29, 0.717) is 32.0 Å². The number of nitrogens with zero attached hydrogens (tertiary/aromatic N) is 7. The number of carbonyl (C=O) groups is 2. The molecule has 3 heterocycles. The molecule has 35 heavy (non-hydrogen) atoms. The fourth-order valence-electron chi connectivity index (χ4n) is 3.23. The second-order valence-electron chi connectivity index (χ2n) is 8.31. The van der Waals surface area contributed by atoms with Crippen molar-refractivity contribution in [2.75, 3.05) is 6.54 Å². The summed E-state index contributed by atoms with van der Waals surface area (Å²) in [4.78, 5) is 28.1. The highest BCUT2D eigenvalue weighted by molar-refractivity contribution is 5.92. The van der Waals surface area contributed by atoms with Gasteiger partial charge in [0, 0.05) is 25.8 Å². The largest absolute Gasteiger partial charge is 0.416 e. The van der Waals surface area contributed by atoms with Crippen LogP contribution in [0.15, 0.2) is 30.7 Å². The van der Waals surface area contributed by atoms with E-state index in [1.807, 2.05) is 0 Å². The molecule has 3 aromatic rings. The number of hydrogen-bond donors (Lipinski definition) is 2. The van der Waals surface area contributed by atoms with Gasteiger partial charge in [-0.1, -0.05) is 10.4 Å². The molecule has 4 rings (SSSR count). The van der Waals surface area contributed by atoms with Crippen LogP contribution in [0, 0.1) is 5.92 Å². The fourth-order valence-corrected chi connectivity index (χ4v) is 3.23. The Kier molecular flexibility index (Phi) is 7.36. The second-order valence-corrected chi connectivity index (χ2v) is 8.31. The van der Waals surface area contributed by atoms with E-state index in [-0.39, 0.29) is 29.5 Å². The number of amides is 2. The van der Waals surface area contributed by atoms with E-state index >= 15 is 0 Å². The van der Waals surface area contributed by atoms with E-state index in [1.54, 1.807) is 10.9 Å². The van der Waals surface area contributed by atoms with E-state index in [2.05, 4.69) is 36.2 Å². The summed E-state index contributed by atoms with van der Waals surface area (Å²) in [5.41, 5.74) is -0.410. The second kappa shape index (κ2) is 10.6. The molecule has 1 fully saturated rings. The maximum absolute atomic E-state index is 12.8. The number of carbonyl (C=O) groups excluding carboxylic acids is 2. The van der Waals surface area contributed by atoms with Crippen molar-refractivity contribution in [1.82, 2.24) is 45.6 Å². The van der Waals surface area contributed by atoms with Crippen LogP contribution >= 0.6 is 0 Å². The van der Waals surface area contributed by atoms with Crippen LogP contribution in [0.25, 0.3) is 0 Å². The van der Waals surface area contributed by atoms with Gasteiger partial charge in [-0.3, -0.25) is 23.9 Å². The zero-order chi connectivity index (χ0) is 24.8. The van der Waals surface area contributed by atoms with Crippen molar-refractivity contribution in [2.45, 2.75) is 51.5 Å². The smallest absolute Gasteiger partial charge is 0.350 e. The summed E-state index contributed by atoms with van der Waals surface area (Å²) in [5.74, 6) is -0.198. The highest BCUT2D eigenvalue weighted by atomic mass is 19.4. The molecular weight excluding hydrogens is 467 g/mol. The minimum absolute atomic E-state index is 0.0510. The standard InChI is InChI=1S/C21H24F3N9O2/c22-21(23,24)15-5-6-25-16(9-15)11-27-20(35)18-13-33(31-29-18)8-2-1-7-32-12-17(28-30-32)19(34)26-10-14-3-4-14/h5-6,9,12-14H,1-4,7-8,10-11H2,(H,26,34)(H,27,35). The van der Waals surface area contributed by atoms with Crippen LogP contribution in [-0.2, 0) is 25.8 Å². The molecule has 11 nitrogen and oxygen atoms in total. The van der Waals surface area contributed by atoms with Gasteiger partial charge in [0.05, 0.1) is 30.2 Å². The number of alkyl halides is 3. The molecule has 2 N–H and O–H groups in total. The molecule has 1 aliphatic rings. The van der Waals surface area contributed by atoms with E-state index in [9.17, 15) is 22.8 Å². The molecule has 0 saturated heterocycles. The fraction of sp³-hybridized carbons (Fsp3) is 0.476. The highest BCUT2D eigenvalue weighted by Crippen LogP contribution is 2.29. The van der Waals surface area contributed by atoms with Gasteiger partial charge in [0.2, 0.25) is 0 Å². The Hall–Kier alpha value is -3.84. The number of nitrogens with one attached hydrogen (secondary N) is 2. The third-order valence-corrected chi connectivity index (χ3v) is 5.39. The zero-order valence-electron chi connectivity index (χ0n) is 18.7. The van der Waals surface area contributed by atoms with Crippen LogP contribution in [0.5, 0.6) is 0 Å². The van der Waals surface area contributed by atoms with Gasteiger partial charge in [-0.25, -0.2) is 0 Å². The van der Waals surface area contributed by atoms with Gasteiger partial charge in [0.25, 0.3) is 11.8 Å². The van der Waals surface area contributed by atoms with Gasteiger partial charge in [0.15, 0.2) is 11.4 Å². The number of pyridine rings is 1. The number of rotatable bonds is 11. The lowest BCUT2D eigenvalue weighted by molar-refractivity contribution is -0.137. The number of halogens is 3. The summed E-state index contributed by atoms with van der Waals surface area (Å²) in [6, 6.07) is 1.75. The van der Waals surface area contributed by atoms with Crippen molar-refractivity contribution in [3.63, 3.8) is 0 Å². The molecule has 14 heteroatoms. The molecular formula is C21H24F3N9O2. The summed E-state index contributed by atoms with van der Waals surface area (Å²) >= 11 is 0. The predicted octanol–water partition coefficient (Wildman–Crippen LogP) is 1.83. The van der Waals surface area contributed by atoms with Crippen LogP contribution in [0.3, 0.4) is 0 Å². The average Bonchev–Trinajstić information content (AvgIpc) is 3.33. The molecule has 0 spiro atoms. The van der Waals surface area contributed by atoms with Crippen molar-refractivity contribution in [2.24, 2.45) is 5.92 Å². The van der Waals surface area contributed by atoms with Crippen LogP contribution < -0.4 is 10.6 Å². The quantitative estimate of drug-likeness (QED) is 0.391. The molecule has 1 saturated carbocycles. The van der Waals surface area contributed by atoms with Gasteiger partial charge in [-0.2, -0.15) is 13.2 Å². The maximum Gasteiger partial charge on any atom is 0.416 e. The Morgan fingerprint density at radius 1 is 0.971 bits per heavy atom.